The summed E-state index contributed by atoms with van der Waals surface area (Å²) in [5.74, 6) is 1.47. The summed E-state index contributed by atoms with van der Waals surface area (Å²) < 4.78 is 3.69. The molecule has 1 aliphatic heterocycles. The van der Waals surface area contributed by atoms with Crippen LogP contribution in [0.4, 0.5) is 11.6 Å². The second kappa shape index (κ2) is 9.91. The van der Waals surface area contributed by atoms with Gasteiger partial charge in [0.2, 0.25) is 5.91 Å². The molecule has 0 spiro atoms. The highest BCUT2D eigenvalue weighted by molar-refractivity contribution is 6.33. The van der Waals surface area contributed by atoms with Crippen molar-refractivity contribution in [3.8, 4) is 22.6 Å². The Hall–Kier alpha value is -3.43. The van der Waals surface area contributed by atoms with E-state index >= 15 is 0 Å². The number of carbonyl (C=O) groups excluding carboxylic acids is 1. The molecule has 0 atom stereocenters. The number of hydrogen-bond donors (Lipinski definition) is 1. The monoisotopic (exact) mass is 524 g/mol. The van der Waals surface area contributed by atoms with Crippen molar-refractivity contribution in [1.82, 2.24) is 29.8 Å². The van der Waals surface area contributed by atoms with E-state index in [0.29, 0.717) is 46.8 Å². The smallest absolute Gasteiger partial charge is 0.230 e. The zero-order valence-electron chi connectivity index (χ0n) is 20.2. The highest BCUT2D eigenvalue weighted by Gasteiger charge is 2.28. The van der Waals surface area contributed by atoms with Crippen LogP contribution in [0.25, 0.3) is 22.6 Å². The Morgan fingerprint density at radius 3 is 2.58 bits per heavy atom. The molecule has 0 saturated carbocycles. The maximum atomic E-state index is 12.9. The number of aromatic nitrogens is 6. The number of aryl methyl sites for hydroxylation is 1. The summed E-state index contributed by atoms with van der Waals surface area (Å²) in [4.78, 5) is 14.7. The van der Waals surface area contributed by atoms with Crippen molar-refractivity contribution < 1.29 is 4.79 Å². The molecule has 5 rings (SSSR count). The fourth-order valence-corrected chi connectivity index (χ4v) is 4.84. The first kappa shape index (κ1) is 24.3. The molecule has 0 bridgehead atoms. The van der Waals surface area contributed by atoms with Crippen LogP contribution in [-0.4, -0.2) is 42.2 Å². The summed E-state index contributed by atoms with van der Waals surface area (Å²) in [6, 6.07) is 11.5. The van der Waals surface area contributed by atoms with Crippen LogP contribution in [0.5, 0.6) is 0 Å². The van der Waals surface area contributed by atoms with Crippen molar-refractivity contribution in [2.75, 3.05) is 16.8 Å². The third kappa shape index (κ3) is 4.56. The van der Waals surface area contributed by atoms with E-state index in [2.05, 4.69) is 20.6 Å². The lowest BCUT2D eigenvalue weighted by Crippen LogP contribution is -2.36. The van der Waals surface area contributed by atoms with Crippen molar-refractivity contribution in [3.05, 3.63) is 58.2 Å². The molecule has 11 heteroatoms. The molecule has 4 heterocycles. The quantitative estimate of drug-likeness (QED) is 0.345. The maximum absolute atomic E-state index is 12.9. The number of nitrogens with zero attached hydrogens (tertiary/aromatic N) is 7. The van der Waals surface area contributed by atoms with Crippen LogP contribution < -0.4 is 10.2 Å². The van der Waals surface area contributed by atoms with Gasteiger partial charge >= 0.3 is 0 Å². The molecule has 0 radical (unpaired) electrons. The van der Waals surface area contributed by atoms with E-state index in [9.17, 15) is 4.79 Å². The fourth-order valence-electron chi connectivity index (χ4n) is 4.31. The number of amides is 1. The molecule has 0 fully saturated rings. The van der Waals surface area contributed by atoms with Gasteiger partial charge in [-0.05, 0) is 44.5 Å². The number of rotatable bonds is 7. The summed E-state index contributed by atoms with van der Waals surface area (Å²) in [5.41, 5.74) is 3.80. The number of anilines is 2. The normalized spacial score (nSPS) is 13.4. The summed E-state index contributed by atoms with van der Waals surface area (Å²) in [6.45, 7) is 7.73. The summed E-state index contributed by atoms with van der Waals surface area (Å²) in [7, 11) is 0. The van der Waals surface area contributed by atoms with Crippen LogP contribution in [-0.2, 0) is 17.9 Å². The Bertz CT molecular complexity index is 1410. The van der Waals surface area contributed by atoms with Gasteiger partial charge in [0.25, 0.3) is 0 Å². The molecular weight excluding hydrogens is 499 g/mol. The second-order valence-corrected chi connectivity index (χ2v) is 9.68. The van der Waals surface area contributed by atoms with Crippen LogP contribution in [0.15, 0.2) is 42.6 Å². The Balaban J connectivity index is 1.42. The van der Waals surface area contributed by atoms with Gasteiger partial charge in [-0.25, -0.2) is 4.68 Å². The lowest BCUT2D eigenvalue weighted by Gasteiger charge is -2.27. The fraction of sp³-hybridized carbons (Fsp3) is 0.320. The van der Waals surface area contributed by atoms with Gasteiger partial charge in [0, 0.05) is 30.6 Å². The molecule has 0 saturated heterocycles. The molecule has 186 valence electrons. The topological polar surface area (TPSA) is 93.8 Å². The molecule has 9 nitrogen and oxygen atoms in total. The standard InChI is InChI=1S/C25H26Cl2N8O/c1-4-28-22-8-7-20(30-31-22)17-6-5-16(11-18(17)26)14-33-23-12-21(32-34(23)10-9-24(33)36)25-19(27)13-29-35(25)15(2)3/h5-8,11-13,15H,4,9-10,14H2,1-3H3,(H,28,31). The number of benzene rings is 1. The minimum atomic E-state index is 0.0301. The molecule has 0 unspecified atom stereocenters. The molecule has 4 aromatic rings. The Labute approximate surface area is 219 Å². The van der Waals surface area contributed by atoms with Gasteiger partial charge in [0.05, 0.1) is 35.0 Å². The SMILES string of the molecule is CCNc1ccc(-c2ccc(CN3C(=O)CCn4nc(-c5c(Cl)cnn5C(C)C)cc43)cc2Cl)nn1. The summed E-state index contributed by atoms with van der Waals surface area (Å²) >= 11 is 13.1. The lowest BCUT2D eigenvalue weighted by molar-refractivity contribution is -0.119. The maximum Gasteiger partial charge on any atom is 0.230 e. The van der Waals surface area contributed by atoms with Gasteiger partial charge in [-0.1, -0.05) is 35.3 Å². The van der Waals surface area contributed by atoms with E-state index in [-0.39, 0.29) is 11.9 Å². The van der Waals surface area contributed by atoms with Crippen LogP contribution in [0.1, 0.15) is 38.8 Å². The lowest BCUT2D eigenvalue weighted by atomic mass is 10.1. The Kier molecular flexibility index (Phi) is 6.68. The number of fused-ring (bicyclic) bond motifs is 1. The van der Waals surface area contributed by atoms with Gasteiger partial charge in [0.15, 0.2) is 0 Å². The minimum absolute atomic E-state index is 0.0301. The molecule has 36 heavy (non-hydrogen) atoms. The van der Waals surface area contributed by atoms with Gasteiger partial charge in [-0.2, -0.15) is 10.2 Å². The first-order valence-corrected chi connectivity index (χ1v) is 12.6. The molecule has 0 aliphatic carbocycles. The highest BCUT2D eigenvalue weighted by atomic mass is 35.5. The molecular formula is C25H26Cl2N8O. The van der Waals surface area contributed by atoms with Crippen LogP contribution >= 0.6 is 23.2 Å². The predicted octanol–water partition coefficient (Wildman–Crippen LogP) is 5.46. The number of hydrogen-bond acceptors (Lipinski definition) is 6. The minimum Gasteiger partial charge on any atom is -0.369 e. The highest BCUT2D eigenvalue weighted by Crippen LogP contribution is 2.35. The zero-order valence-corrected chi connectivity index (χ0v) is 21.8. The average molecular weight is 525 g/mol. The summed E-state index contributed by atoms with van der Waals surface area (Å²) in [6.07, 6.45) is 1.99. The number of carbonyl (C=O) groups is 1. The van der Waals surface area contributed by atoms with E-state index < -0.39 is 0 Å². The number of halogens is 2. The molecule has 1 aliphatic rings. The van der Waals surface area contributed by atoms with Crippen molar-refractivity contribution >= 4 is 40.7 Å². The van der Waals surface area contributed by atoms with Crippen LogP contribution in [0, 0.1) is 0 Å². The van der Waals surface area contributed by atoms with Crippen molar-refractivity contribution in [1.29, 1.82) is 0 Å². The zero-order chi connectivity index (χ0) is 25.4. The van der Waals surface area contributed by atoms with Crippen molar-refractivity contribution in [3.63, 3.8) is 0 Å². The van der Waals surface area contributed by atoms with Gasteiger partial charge in [-0.3, -0.25) is 14.4 Å². The van der Waals surface area contributed by atoms with E-state index in [1.165, 1.54) is 0 Å². The Morgan fingerprint density at radius 1 is 1.06 bits per heavy atom. The van der Waals surface area contributed by atoms with E-state index in [4.69, 9.17) is 28.3 Å². The number of nitrogens with one attached hydrogen (secondary N) is 1. The van der Waals surface area contributed by atoms with E-state index in [1.807, 2.05) is 66.5 Å². The van der Waals surface area contributed by atoms with Gasteiger partial charge < -0.3 is 5.32 Å². The Morgan fingerprint density at radius 2 is 1.89 bits per heavy atom. The van der Waals surface area contributed by atoms with Gasteiger partial charge in [-0.15, -0.1) is 10.2 Å². The molecule has 1 N–H and O–H groups in total. The van der Waals surface area contributed by atoms with E-state index in [0.717, 1.165) is 29.2 Å². The van der Waals surface area contributed by atoms with Crippen LogP contribution in [0.2, 0.25) is 10.0 Å². The van der Waals surface area contributed by atoms with Crippen molar-refractivity contribution in [2.24, 2.45) is 0 Å². The largest absolute Gasteiger partial charge is 0.369 e. The summed E-state index contributed by atoms with van der Waals surface area (Å²) in [5, 5.41) is 21.8. The average Bonchev–Trinajstić information content (AvgIpc) is 3.45. The molecule has 1 amide bonds. The van der Waals surface area contributed by atoms with Gasteiger partial charge in [0.1, 0.15) is 23.0 Å². The van der Waals surface area contributed by atoms with Crippen molar-refractivity contribution in [2.45, 2.75) is 46.3 Å². The van der Waals surface area contributed by atoms with Crippen LogP contribution in [0.3, 0.4) is 0 Å². The first-order chi connectivity index (χ1) is 17.4. The third-order valence-corrected chi connectivity index (χ3v) is 6.62. The first-order valence-electron chi connectivity index (χ1n) is 11.8. The van der Waals surface area contributed by atoms with E-state index in [1.54, 1.807) is 11.1 Å². The predicted molar refractivity (Wildman–Crippen MR) is 141 cm³/mol. The molecule has 1 aromatic carbocycles. The third-order valence-electron chi connectivity index (χ3n) is 6.03. The second-order valence-electron chi connectivity index (χ2n) is 8.87. The molecule has 3 aromatic heterocycles.